The van der Waals surface area contributed by atoms with E-state index in [4.69, 9.17) is 23.8 Å². The Morgan fingerprint density at radius 2 is 1.91 bits per heavy atom. The number of anilines is 1. The molecule has 0 aromatic heterocycles. The average molecular weight is 333 g/mol. The molecule has 0 saturated heterocycles. The third-order valence-electron chi connectivity index (χ3n) is 3.64. The second kappa shape index (κ2) is 7.61. The van der Waals surface area contributed by atoms with Crippen LogP contribution in [0.3, 0.4) is 0 Å². The maximum absolute atomic E-state index is 6.15. The standard InChI is InChI=1S/C18H21ClN2S/c1-4-16(14-10-9-12(2)11-13(14)3)20-18(22)21-17-8-6-5-7-15(17)19/h5-11,16H,4H2,1-3H3,(H2,20,21,22)/t16-/m0/s1. The Balaban J connectivity index is 2.10. The minimum atomic E-state index is 0.183. The lowest BCUT2D eigenvalue weighted by atomic mass is 9.98. The van der Waals surface area contributed by atoms with Crippen molar-refractivity contribution in [1.82, 2.24) is 5.32 Å². The summed E-state index contributed by atoms with van der Waals surface area (Å²) < 4.78 is 0. The van der Waals surface area contributed by atoms with Gasteiger partial charge in [0.05, 0.1) is 16.8 Å². The highest BCUT2D eigenvalue weighted by molar-refractivity contribution is 7.80. The summed E-state index contributed by atoms with van der Waals surface area (Å²) in [6, 6.07) is 14.3. The molecular weight excluding hydrogens is 312 g/mol. The van der Waals surface area contributed by atoms with Crippen LogP contribution in [0.4, 0.5) is 5.69 Å². The largest absolute Gasteiger partial charge is 0.356 e. The van der Waals surface area contributed by atoms with E-state index in [9.17, 15) is 0 Å². The van der Waals surface area contributed by atoms with Crippen LogP contribution in [0.5, 0.6) is 0 Å². The zero-order valence-electron chi connectivity index (χ0n) is 13.1. The summed E-state index contributed by atoms with van der Waals surface area (Å²) in [4.78, 5) is 0. The van der Waals surface area contributed by atoms with Crippen LogP contribution in [0.15, 0.2) is 42.5 Å². The van der Waals surface area contributed by atoms with Crippen LogP contribution in [-0.4, -0.2) is 5.11 Å². The second-order valence-electron chi connectivity index (χ2n) is 5.40. The Morgan fingerprint density at radius 3 is 2.55 bits per heavy atom. The van der Waals surface area contributed by atoms with E-state index >= 15 is 0 Å². The van der Waals surface area contributed by atoms with Crippen molar-refractivity contribution < 1.29 is 0 Å². The van der Waals surface area contributed by atoms with E-state index in [2.05, 4.69) is 49.6 Å². The molecule has 2 rings (SSSR count). The summed E-state index contributed by atoms with van der Waals surface area (Å²) >= 11 is 11.6. The highest BCUT2D eigenvalue weighted by Gasteiger charge is 2.13. The number of aryl methyl sites for hydroxylation is 2. The summed E-state index contributed by atoms with van der Waals surface area (Å²) in [5.74, 6) is 0. The molecule has 2 aromatic rings. The first-order valence-electron chi connectivity index (χ1n) is 7.40. The zero-order valence-corrected chi connectivity index (χ0v) is 14.7. The second-order valence-corrected chi connectivity index (χ2v) is 6.21. The van der Waals surface area contributed by atoms with Gasteiger partial charge in [-0.05, 0) is 55.7 Å². The number of benzene rings is 2. The van der Waals surface area contributed by atoms with Crippen molar-refractivity contribution in [1.29, 1.82) is 0 Å². The monoisotopic (exact) mass is 332 g/mol. The number of rotatable bonds is 4. The summed E-state index contributed by atoms with van der Waals surface area (Å²) in [5.41, 5.74) is 4.64. The van der Waals surface area contributed by atoms with Crippen LogP contribution in [-0.2, 0) is 0 Å². The Morgan fingerprint density at radius 1 is 1.18 bits per heavy atom. The summed E-state index contributed by atoms with van der Waals surface area (Å²) in [6.45, 7) is 6.39. The molecule has 0 amide bonds. The molecule has 2 nitrogen and oxygen atoms in total. The average Bonchev–Trinajstić information content (AvgIpc) is 2.48. The molecule has 22 heavy (non-hydrogen) atoms. The first-order chi connectivity index (χ1) is 10.5. The molecule has 0 spiro atoms. The van der Waals surface area contributed by atoms with Crippen LogP contribution < -0.4 is 10.6 Å². The molecule has 0 unspecified atom stereocenters. The quantitative estimate of drug-likeness (QED) is 0.733. The van der Waals surface area contributed by atoms with Gasteiger partial charge in [0.1, 0.15) is 0 Å². The van der Waals surface area contributed by atoms with Gasteiger partial charge in [-0.15, -0.1) is 0 Å². The van der Waals surface area contributed by atoms with E-state index in [1.807, 2.05) is 24.3 Å². The van der Waals surface area contributed by atoms with E-state index in [0.717, 1.165) is 12.1 Å². The molecule has 1 atom stereocenters. The Hall–Kier alpha value is -1.58. The van der Waals surface area contributed by atoms with Crippen molar-refractivity contribution in [2.75, 3.05) is 5.32 Å². The van der Waals surface area contributed by atoms with Crippen LogP contribution in [0.2, 0.25) is 5.02 Å². The smallest absolute Gasteiger partial charge is 0.171 e. The van der Waals surface area contributed by atoms with Gasteiger partial charge in [-0.25, -0.2) is 0 Å². The first kappa shape index (κ1) is 16.8. The number of nitrogens with one attached hydrogen (secondary N) is 2. The third kappa shape index (κ3) is 4.21. The van der Waals surface area contributed by atoms with E-state index in [0.29, 0.717) is 10.1 Å². The number of hydrogen-bond donors (Lipinski definition) is 2. The van der Waals surface area contributed by atoms with Gasteiger partial charge in [0, 0.05) is 0 Å². The molecular formula is C18H21ClN2S. The molecule has 0 aliphatic rings. The van der Waals surface area contributed by atoms with Crippen LogP contribution in [0.1, 0.15) is 36.1 Å². The van der Waals surface area contributed by atoms with Gasteiger partial charge in [-0.2, -0.15) is 0 Å². The Kier molecular flexibility index (Phi) is 5.81. The normalized spacial score (nSPS) is 11.8. The zero-order chi connectivity index (χ0) is 16.1. The third-order valence-corrected chi connectivity index (χ3v) is 4.19. The first-order valence-corrected chi connectivity index (χ1v) is 8.19. The van der Waals surface area contributed by atoms with E-state index in [1.165, 1.54) is 16.7 Å². The minimum absolute atomic E-state index is 0.183. The van der Waals surface area contributed by atoms with E-state index in [-0.39, 0.29) is 6.04 Å². The molecule has 2 N–H and O–H groups in total. The molecule has 0 aliphatic heterocycles. The van der Waals surface area contributed by atoms with E-state index < -0.39 is 0 Å². The maximum Gasteiger partial charge on any atom is 0.171 e. The molecule has 0 bridgehead atoms. The van der Waals surface area contributed by atoms with Crippen molar-refractivity contribution in [3.63, 3.8) is 0 Å². The molecule has 116 valence electrons. The number of para-hydroxylation sites is 1. The topological polar surface area (TPSA) is 24.1 Å². The minimum Gasteiger partial charge on any atom is -0.356 e. The van der Waals surface area contributed by atoms with Crippen LogP contribution >= 0.6 is 23.8 Å². The molecule has 0 fully saturated rings. The van der Waals surface area contributed by atoms with Gasteiger partial charge in [0.2, 0.25) is 0 Å². The van der Waals surface area contributed by atoms with Gasteiger partial charge in [-0.3, -0.25) is 0 Å². The fourth-order valence-electron chi connectivity index (χ4n) is 2.50. The molecule has 4 heteroatoms. The van der Waals surface area contributed by atoms with Gasteiger partial charge in [-0.1, -0.05) is 54.4 Å². The molecule has 0 saturated carbocycles. The van der Waals surface area contributed by atoms with Crippen molar-refractivity contribution >= 4 is 34.6 Å². The lowest BCUT2D eigenvalue weighted by Gasteiger charge is -2.22. The lowest BCUT2D eigenvalue weighted by molar-refractivity contribution is 0.625. The van der Waals surface area contributed by atoms with E-state index in [1.54, 1.807) is 0 Å². The van der Waals surface area contributed by atoms with Gasteiger partial charge in [0.25, 0.3) is 0 Å². The highest BCUT2D eigenvalue weighted by Crippen LogP contribution is 2.23. The summed E-state index contributed by atoms with van der Waals surface area (Å²) in [7, 11) is 0. The number of thiocarbonyl (C=S) groups is 1. The maximum atomic E-state index is 6.15. The molecule has 0 aliphatic carbocycles. The molecule has 2 aromatic carbocycles. The fraction of sp³-hybridized carbons (Fsp3) is 0.278. The van der Waals surface area contributed by atoms with Gasteiger partial charge in [0.15, 0.2) is 5.11 Å². The summed E-state index contributed by atoms with van der Waals surface area (Å²) in [5, 5.41) is 7.79. The van der Waals surface area contributed by atoms with Crippen molar-refractivity contribution in [2.24, 2.45) is 0 Å². The van der Waals surface area contributed by atoms with Crippen molar-refractivity contribution in [3.05, 3.63) is 64.2 Å². The molecule has 0 radical (unpaired) electrons. The number of hydrogen-bond acceptors (Lipinski definition) is 1. The van der Waals surface area contributed by atoms with Crippen molar-refractivity contribution in [2.45, 2.75) is 33.2 Å². The van der Waals surface area contributed by atoms with Gasteiger partial charge >= 0.3 is 0 Å². The lowest BCUT2D eigenvalue weighted by Crippen LogP contribution is -2.32. The Labute approximate surface area is 142 Å². The highest BCUT2D eigenvalue weighted by atomic mass is 35.5. The van der Waals surface area contributed by atoms with Crippen LogP contribution in [0, 0.1) is 13.8 Å². The van der Waals surface area contributed by atoms with Crippen molar-refractivity contribution in [3.8, 4) is 0 Å². The number of halogens is 1. The fourth-order valence-corrected chi connectivity index (χ4v) is 2.93. The predicted molar refractivity (Wildman–Crippen MR) is 99.8 cm³/mol. The van der Waals surface area contributed by atoms with Crippen LogP contribution in [0.25, 0.3) is 0 Å². The Bertz CT molecular complexity index is 670. The SMILES string of the molecule is CC[C@H](NC(=S)Nc1ccccc1Cl)c1ccc(C)cc1C. The molecule has 0 heterocycles. The predicted octanol–water partition coefficient (Wildman–Crippen LogP) is 5.39. The summed E-state index contributed by atoms with van der Waals surface area (Å²) in [6.07, 6.45) is 0.953. The van der Waals surface area contributed by atoms with Gasteiger partial charge < -0.3 is 10.6 Å².